The van der Waals surface area contributed by atoms with Gasteiger partial charge in [-0.05, 0) is 44.7 Å². The van der Waals surface area contributed by atoms with Crippen LogP contribution in [-0.2, 0) is 4.79 Å². The average Bonchev–Trinajstić information content (AvgIpc) is 3.11. The lowest BCUT2D eigenvalue weighted by Crippen LogP contribution is -2.51. The molecule has 2 unspecified atom stereocenters. The second-order valence-corrected chi connectivity index (χ2v) is 7.23. The van der Waals surface area contributed by atoms with Gasteiger partial charge in [-0.3, -0.25) is 4.79 Å². The molecule has 1 N–H and O–H groups in total. The Morgan fingerprint density at radius 2 is 2.21 bits per heavy atom. The molecular weight excluding hydrogens is 280 g/mol. The van der Waals surface area contributed by atoms with Crippen LogP contribution in [0.3, 0.4) is 0 Å². The van der Waals surface area contributed by atoms with E-state index in [4.69, 9.17) is 11.6 Å². The predicted molar refractivity (Wildman–Crippen MR) is 78.6 cm³/mol. The highest BCUT2D eigenvalue weighted by atomic mass is 35.5. The quantitative estimate of drug-likeness (QED) is 0.926. The topological polar surface area (TPSA) is 32.3 Å². The van der Waals surface area contributed by atoms with Gasteiger partial charge in [0, 0.05) is 17.5 Å². The number of carbonyl (C=O) groups excluding carboxylic acids is 1. The van der Waals surface area contributed by atoms with Crippen LogP contribution in [0, 0.1) is 0 Å². The summed E-state index contributed by atoms with van der Waals surface area (Å²) in [6.07, 6.45) is 4.50. The smallest absolute Gasteiger partial charge is 0.240 e. The normalized spacial score (nSPS) is 25.7. The molecule has 0 aromatic carbocycles. The molecule has 0 radical (unpaired) electrons. The van der Waals surface area contributed by atoms with E-state index in [1.807, 2.05) is 17.0 Å². The summed E-state index contributed by atoms with van der Waals surface area (Å²) in [4.78, 5) is 15.7. The number of nitrogens with one attached hydrogen (secondary N) is 1. The monoisotopic (exact) mass is 298 g/mol. The fourth-order valence-electron chi connectivity index (χ4n) is 2.68. The Morgan fingerprint density at radius 1 is 1.42 bits per heavy atom. The van der Waals surface area contributed by atoms with Gasteiger partial charge in [0.2, 0.25) is 5.91 Å². The van der Waals surface area contributed by atoms with Crippen LogP contribution in [0.1, 0.15) is 43.5 Å². The van der Waals surface area contributed by atoms with Crippen molar-refractivity contribution in [1.29, 1.82) is 0 Å². The van der Waals surface area contributed by atoms with E-state index in [9.17, 15) is 4.79 Å². The van der Waals surface area contributed by atoms with Crippen molar-refractivity contribution in [3.05, 3.63) is 21.3 Å². The van der Waals surface area contributed by atoms with Crippen LogP contribution >= 0.6 is 22.9 Å². The zero-order valence-electron chi connectivity index (χ0n) is 11.1. The molecule has 1 amide bonds. The summed E-state index contributed by atoms with van der Waals surface area (Å²) in [7, 11) is 0. The van der Waals surface area contributed by atoms with Crippen molar-refractivity contribution in [2.24, 2.45) is 0 Å². The summed E-state index contributed by atoms with van der Waals surface area (Å²) >= 11 is 7.56. The van der Waals surface area contributed by atoms with Gasteiger partial charge in [0.15, 0.2) is 0 Å². The van der Waals surface area contributed by atoms with Crippen molar-refractivity contribution < 1.29 is 4.79 Å². The number of thiophene rings is 1. The number of rotatable bonds is 4. The first-order valence-electron chi connectivity index (χ1n) is 6.97. The minimum atomic E-state index is 0.0270. The molecule has 2 fully saturated rings. The molecule has 2 heterocycles. The summed E-state index contributed by atoms with van der Waals surface area (Å²) in [6, 6.07) is 4.68. The Bertz CT molecular complexity index is 472. The van der Waals surface area contributed by atoms with Crippen LogP contribution in [0.2, 0.25) is 4.34 Å². The maximum atomic E-state index is 12.5. The molecule has 1 aromatic rings. The number of nitrogens with zero attached hydrogens (tertiary/aromatic N) is 1. The molecule has 3 nitrogen and oxygen atoms in total. The highest BCUT2D eigenvalue weighted by Crippen LogP contribution is 2.32. The van der Waals surface area contributed by atoms with Crippen LogP contribution < -0.4 is 5.32 Å². The lowest BCUT2D eigenvalue weighted by molar-refractivity contribution is -0.138. The minimum absolute atomic E-state index is 0.0270. The summed E-state index contributed by atoms with van der Waals surface area (Å²) in [5.74, 6) is 0.259. The summed E-state index contributed by atoms with van der Waals surface area (Å²) in [5.41, 5.74) is 0. The molecule has 5 heteroatoms. The Kier molecular flexibility index (Phi) is 3.83. The standard InChI is InChI=1S/C14H19ClN2OS/c1-9(12-6-7-13(15)19-12)17-8-2-3-11(14(17)18)16-10-4-5-10/h6-7,9-11,16H,2-5,8H2,1H3. The van der Waals surface area contributed by atoms with E-state index in [1.165, 1.54) is 17.7 Å². The van der Waals surface area contributed by atoms with E-state index in [-0.39, 0.29) is 18.0 Å². The molecule has 104 valence electrons. The van der Waals surface area contributed by atoms with Crippen molar-refractivity contribution in [2.75, 3.05) is 6.54 Å². The molecule has 0 spiro atoms. The minimum Gasteiger partial charge on any atom is -0.334 e. The van der Waals surface area contributed by atoms with Crippen molar-refractivity contribution in [3.63, 3.8) is 0 Å². The van der Waals surface area contributed by atoms with Crippen LogP contribution in [0.4, 0.5) is 0 Å². The first kappa shape index (κ1) is 13.4. The summed E-state index contributed by atoms with van der Waals surface area (Å²) in [6.45, 7) is 2.96. The van der Waals surface area contributed by atoms with E-state index >= 15 is 0 Å². The van der Waals surface area contributed by atoms with E-state index in [2.05, 4.69) is 12.2 Å². The van der Waals surface area contributed by atoms with Gasteiger partial charge in [0.1, 0.15) is 0 Å². The summed E-state index contributed by atoms with van der Waals surface area (Å²) < 4.78 is 0.791. The van der Waals surface area contributed by atoms with Gasteiger partial charge in [0.05, 0.1) is 16.4 Å². The second kappa shape index (κ2) is 5.43. The molecule has 2 aliphatic rings. The molecule has 1 aliphatic carbocycles. The third kappa shape index (κ3) is 2.96. The average molecular weight is 299 g/mol. The van der Waals surface area contributed by atoms with Gasteiger partial charge < -0.3 is 10.2 Å². The fraction of sp³-hybridized carbons (Fsp3) is 0.643. The number of hydrogen-bond donors (Lipinski definition) is 1. The Balaban J connectivity index is 1.70. The van der Waals surface area contributed by atoms with Gasteiger partial charge >= 0.3 is 0 Å². The van der Waals surface area contributed by atoms with Gasteiger partial charge in [-0.2, -0.15) is 0 Å². The number of amides is 1. The zero-order chi connectivity index (χ0) is 13.4. The second-order valence-electron chi connectivity index (χ2n) is 5.49. The Labute approximate surface area is 122 Å². The molecule has 0 bridgehead atoms. The van der Waals surface area contributed by atoms with E-state index in [0.717, 1.165) is 23.7 Å². The highest BCUT2D eigenvalue weighted by molar-refractivity contribution is 7.16. The van der Waals surface area contributed by atoms with Gasteiger partial charge in [-0.15, -0.1) is 11.3 Å². The van der Waals surface area contributed by atoms with Crippen LogP contribution in [0.5, 0.6) is 0 Å². The van der Waals surface area contributed by atoms with Gasteiger partial charge in [-0.1, -0.05) is 11.6 Å². The van der Waals surface area contributed by atoms with Crippen molar-refractivity contribution >= 4 is 28.8 Å². The Morgan fingerprint density at radius 3 is 2.84 bits per heavy atom. The van der Waals surface area contributed by atoms with Gasteiger partial charge in [0.25, 0.3) is 0 Å². The molecule has 2 atom stereocenters. The van der Waals surface area contributed by atoms with Crippen molar-refractivity contribution in [3.8, 4) is 0 Å². The third-order valence-corrected chi connectivity index (χ3v) is 5.36. The van der Waals surface area contributed by atoms with Crippen molar-refractivity contribution in [2.45, 2.75) is 50.7 Å². The Hall–Kier alpha value is -0.580. The molecular formula is C14H19ClN2OS. The summed E-state index contributed by atoms with van der Waals surface area (Å²) in [5, 5.41) is 3.47. The molecule has 1 saturated heterocycles. The number of likely N-dealkylation sites (tertiary alicyclic amines) is 1. The zero-order valence-corrected chi connectivity index (χ0v) is 12.6. The first-order valence-corrected chi connectivity index (χ1v) is 8.16. The molecule has 1 aromatic heterocycles. The maximum Gasteiger partial charge on any atom is 0.240 e. The molecule has 1 aliphatic heterocycles. The van der Waals surface area contributed by atoms with Crippen LogP contribution in [0.15, 0.2) is 12.1 Å². The lowest BCUT2D eigenvalue weighted by Gasteiger charge is -2.36. The van der Waals surface area contributed by atoms with Gasteiger partial charge in [-0.25, -0.2) is 0 Å². The lowest BCUT2D eigenvalue weighted by atomic mass is 10.0. The largest absolute Gasteiger partial charge is 0.334 e. The van der Waals surface area contributed by atoms with E-state index in [0.29, 0.717) is 6.04 Å². The SMILES string of the molecule is CC(c1ccc(Cl)s1)N1CCCC(NC2CC2)C1=O. The highest BCUT2D eigenvalue weighted by Gasteiger charge is 2.35. The molecule has 3 rings (SSSR count). The number of piperidine rings is 1. The van der Waals surface area contributed by atoms with Crippen LogP contribution in [0.25, 0.3) is 0 Å². The predicted octanol–water partition coefficient (Wildman–Crippen LogP) is 3.21. The number of hydrogen-bond acceptors (Lipinski definition) is 3. The third-order valence-electron chi connectivity index (χ3n) is 3.96. The fourth-order valence-corrected chi connectivity index (χ4v) is 3.81. The van der Waals surface area contributed by atoms with Crippen molar-refractivity contribution in [1.82, 2.24) is 10.2 Å². The van der Waals surface area contributed by atoms with E-state index < -0.39 is 0 Å². The molecule has 19 heavy (non-hydrogen) atoms. The first-order chi connectivity index (χ1) is 9.15. The number of halogens is 1. The van der Waals surface area contributed by atoms with E-state index in [1.54, 1.807) is 11.3 Å². The molecule has 1 saturated carbocycles. The number of carbonyl (C=O) groups is 1. The maximum absolute atomic E-state index is 12.5. The van der Waals surface area contributed by atoms with Crippen LogP contribution in [-0.4, -0.2) is 29.4 Å².